The highest BCUT2D eigenvalue weighted by Gasteiger charge is 2.24. The van der Waals surface area contributed by atoms with Crippen LogP contribution in [0.25, 0.3) is 10.8 Å². The minimum Gasteiger partial charge on any atom is -0.396 e. The number of nitrogens with two attached hydrogens (primary N) is 1. The molecule has 1 aromatic heterocycles. The second-order valence-electron chi connectivity index (χ2n) is 7.34. The minimum absolute atomic E-state index is 0.628. The average molecular weight is 344 g/mol. The van der Waals surface area contributed by atoms with Gasteiger partial charge in [-0.3, -0.25) is 0 Å². The van der Waals surface area contributed by atoms with Crippen molar-refractivity contribution in [1.82, 2.24) is 4.57 Å². The topological polar surface area (TPSA) is 58.0 Å². The molecule has 2 aromatic carbocycles. The summed E-state index contributed by atoms with van der Waals surface area (Å²) in [6, 6.07) is 18.9. The van der Waals surface area contributed by atoms with E-state index in [-0.39, 0.29) is 0 Å². The van der Waals surface area contributed by atoms with Crippen LogP contribution >= 0.6 is 0 Å². The van der Waals surface area contributed by atoms with E-state index in [0.29, 0.717) is 23.8 Å². The van der Waals surface area contributed by atoms with E-state index in [9.17, 15) is 5.26 Å². The molecule has 0 spiro atoms. The number of nitrogen functional groups attached to an aromatic ring is 1. The van der Waals surface area contributed by atoms with Crippen LogP contribution in [-0.2, 0) is 6.54 Å². The Kier molecular flexibility index (Phi) is 4.30. The Morgan fingerprint density at radius 3 is 2.81 bits per heavy atom. The van der Waals surface area contributed by atoms with E-state index in [4.69, 9.17) is 5.73 Å². The molecule has 4 nitrogen and oxygen atoms in total. The van der Waals surface area contributed by atoms with Crippen molar-refractivity contribution >= 4 is 22.3 Å². The summed E-state index contributed by atoms with van der Waals surface area (Å²) in [5.41, 5.74) is 8.89. The van der Waals surface area contributed by atoms with Gasteiger partial charge in [0.2, 0.25) is 0 Å². The van der Waals surface area contributed by atoms with Gasteiger partial charge < -0.3 is 15.2 Å². The van der Waals surface area contributed by atoms with E-state index in [1.807, 2.05) is 6.07 Å². The van der Waals surface area contributed by atoms with Crippen LogP contribution < -0.4 is 10.6 Å². The van der Waals surface area contributed by atoms with Gasteiger partial charge in [0.15, 0.2) is 0 Å². The number of nitriles is 1. The van der Waals surface area contributed by atoms with Crippen LogP contribution in [0, 0.1) is 17.2 Å². The van der Waals surface area contributed by atoms with Gasteiger partial charge in [-0.05, 0) is 41.2 Å². The first-order chi connectivity index (χ1) is 12.7. The van der Waals surface area contributed by atoms with Crippen LogP contribution in [-0.4, -0.2) is 17.7 Å². The fourth-order valence-corrected chi connectivity index (χ4v) is 4.15. The van der Waals surface area contributed by atoms with Crippen molar-refractivity contribution in [2.75, 3.05) is 23.7 Å². The zero-order chi connectivity index (χ0) is 18.1. The van der Waals surface area contributed by atoms with Crippen molar-refractivity contribution in [1.29, 1.82) is 5.26 Å². The van der Waals surface area contributed by atoms with Crippen LogP contribution in [0.15, 0.2) is 48.5 Å². The van der Waals surface area contributed by atoms with E-state index in [1.54, 1.807) is 0 Å². The summed E-state index contributed by atoms with van der Waals surface area (Å²) in [6.45, 7) is 4.93. The zero-order valence-corrected chi connectivity index (χ0v) is 15.2. The lowest BCUT2D eigenvalue weighted by molar-refractivity contribution is 0.441. The van der Waals surface area contributed by atoms with E-state index < -0.39 is 0 Å². The third-order valence-electron chi connectivity index (χ3n) is 5.38. The van der Waals surface area contributed by atoms with Crippen molar-refractivity contribution in [3.05, 3.63) is 59.8 Å². The molecule has 0 unspecified atom stereocenters. The standard InChI is InChI=1S/C22H24N4/c1-16-6-5-11-25(14-16)22-21(24)12-19(13-23)26(22)15-18-9-4-8-17-7-2-3-10-20(17)18/h2-4,7-10,12,16H,5-6,11,14-15,24H2,1H3/t16-/m1/s1. The first-order valence-electron chi connectivity index (χ1n) is 9.28. The number of piperidine rings is 1. The lowest BCUT2D eigenvalue weighted by Gasteiger charge is -2.34. The number of aromatic nitrogens is 1. The van der Waals surface area contributed by atoms with Crippen molar-refractivity contribution in [2.24, 2.45) is 5.92 Å². The maximum atomic E-state index is 9.65. The number of rotatable bonds is 3. The number of hydrogen-bond acceptors (Lipinski definition) is 3. The van der Waals surface area contributed by atoms with Gasteiger partial charge >= 0.3 is 0 Å². The van der Waals surface area contributed by atoms with E-state index in [1.165, 1.54) is 29.2 Å². The van der Waals surface area contributed by atoms with Gasteiger partial charge in [-0.2, -0.15) is 5.26 Å². The molecule has 0 amide bonds. The van der Waals surface area contributed by atoms with E-state index in [2.05, 4.69) is 64.9 Å². The number of nitrogens with zero attached hydrogens (tertiary/aromatic N) is 3. The summed E-state index contributed by atoms with van der Waals surface area (Å²) >= 11 is 0. The van der Waals surface area contributed by atoms with Crippen LogP contribution in [0.1, 0.15) is 31.0 Å². The van der Waals surface area contributed by atoms with Crippen LogP contribution in [0.5, 0.6) is 0 Å². The molecule has 26 heavy (non-hydrogen) atoms. The molecule has 1 fully saturated rings. The number of hydrogen-bond donors (Lipinski definition) is 1. The highest BCUT2D eigenvalue weighted by atomic mass is 15.3. The normalized spacial score (nSPS) is 17.4. The molecule has 2 heterocycles. The Morgan fingerprint density at radius 2 is 2.00 bits per heavy atom. The first kappa shape index (κ1) is 16.5. The van der Waals surface area contributed by atoms with Crippen molar-refractivity contribution < 1.29 is 0 Å². The second kappa shape index (κ2) is 6.76. The third-order valence-corrected chi connectivity index (χ3v) is 5.38. The highest BCUT2D eigenvalue weighted by molar-refractivity contribution is 5.85. The molecule has 0 aliphatic carbocycles. The maximum Gasteiger partial charge on any atom is 0.133 e. The molecular formula is C22H24N4. The minimum atomic E-state index is 0.628. The fourth-order valence-electron chi connectivity index (χ4n) is 4.15. The van der Waals surface area contributed by atoms with Crippen LogP contribution in [0.3, 0.4) is 0 Å². The second-order valence-corrected chi connectivity index (χ2v) is 7.34. The van der Waals surface area contributed by atoms with Crippen molar-refractivity contribution in [3.63, 3.8) is 0 Å². The van der Waals surface area contributed by atoms with Gasteiger partial charge in [0.1, 0.15) is 17.6 Å². The van der Waals surface area contributed by atoms with Gasteiger partial charge in [-0.15, -0.1) is 0 Å². The summed E-state index contributed by atoms with van der Waals surface area (Å²) in [6.07, 6.45) is 2.42. The Balaban J connectivity index is 1.79. The van der Waals surface area contributed by atoms with Gasteiger partial charge in [0, 0.05) is 13.1 Å². The molecule has 2 N–H and O–H groups in total. The summed E-state index contributed by atoms with van der Waals surface area (Å²) in [4.78, 5) is 2.36. The van der Waals surface area contributed by atoms with E-state index in [0.717, 1.165) is 18.9 Å². The number of benzene rings is 2. The molecule has 1 atom stereocenters. The van der Waals surface area contributed by atoms with Gasteiger partial charge in [-0.1, -0.05) is 49.4 Å². The summed E-state index contributed by atoms with van der Waals surface area (Å²) in [5.74, 6) is 1.65. The quantitative estimate of drug-likeness (QED) is 0.767. The number of anilines is 2. The molecule has 0 bridgehead atoms. The molecule has 1 aliphatic rings. The molecule has 0 radical (unpaired) electrons. The van der Waals surface area contributed by atoms with Gasteiger partial charge in [0.05, 0.1) is 12.2 Å². The summed E-state index contributed by atoms with van der Waals surface area (Å²) in [5, 5.41) is 12.1. The van der Waals surface area contributed by atoms with Gasteiger partial charge in [-0.25, -0.2) is 0 Å². The smallest absolute Gasteiger partial charge is 0.133 e. The Bertz CT molecular complexity index is 974. The monoisotopic (exact) mass is 344 g/mol. The number of fused-ring (bicyclic) bond motifs is 1. The molecule has 3 aromatic rings. The van der Waals surface area contributed by atoms with Crippen molar-refractivity contribution in [3.8, 4) is 6.07 Å². The molecule has 132 valence electrons. The first-order valence-corrected chi connectivity index (χ1v) is 9.28. The van der Waals surface area contributed by atoms with Crippen LogP contribution in [0.2, 0.25) is 0 Å². The Labute approximate surface area is 154 Å². The third kappa shape index (κ3) is 2.90. The van der Waals surface area contributed by atoms with Crippen molar-refractivity contribution in [2.45, 2.75) is 26.3 Å². The summed E-state index contributed by atoms with van der Waals surface area (Å²) < 4.78 is 2.09. The SMILES string of the molecule is C[C@@H]1CCCN(c2c(N)cc(C#N)n2Cc2cccc3ccccc23)C1. The predicted octanol–water partition coefficient (Wildman–Crippen LogP) is 4.38. The molecule has 0 saturated carbocycles. The molecule has 4 rings (SSSR count). The van der Waals surface area contributed by atoms with Crippen LogP contribution in [0.4, 0.5) is 11.5 Å². The molecule has 4 heteroatoms. The Morgan fingerprint density at radius 1 is 1.19 bits per heavy atom. The summed E-state index contributed by atoms with van der Waals surface area (Å²) in [7, 11) is 0. The fraction of sp³-hybridized carbons (Fsp3) is 0.318. The predicted molar refractivity (Wildman–Crippen MR) is 107 cm³/mol. The lowest BCUT2D eigenvalue weighted by atomic mass is 10.0. The maximum absolute atomic E-state index is 9.65. The highest BCUT2D eigenvalue weighted by Crippen LogP contribution is 2.33. The van der Waals surface area contributed by atoms with Gasteiger partial charge in [0.25, 0.3) is 0 Å². The Hall–Kier alpha value is -2.93. The largest absolute Gasteiger partial charge is 0.396 e. The lowest BCUT2D eigenvalue weighted by Crippen LogP contribution is -2.36. The molecule has 1 aliphatic heterocycles. The molecular weight excluding hydrogens is 320 g/mol. The average Bonchev–Trinajstić information content (AvgIpc) is 2.97. The zero-order valence-electron chi connectivity index (χ0n) is 15.2. The van der Waals surface area contributed by atoms with E-state index >= 15 is 0 Å². The molecule has 1 saturated heterocycles.